The Labute approximate surface area is 155 Å². The van der Waals surface area contributed by atoms with Crippen molar-refractivity contribution in [1.82, 2.24) is 9.80 Å². The molecular formula is C18H32N2O6. The Hall–Kier alpha value is -1.22. The second-order valence-electron chi connectivity index (χ2n) is 7.50. The molecule has 2 saturated heterocycles. The van der Waals surface area contributed by atoms with Crippen molar-refractivity contribution in [2.75, 3.05) is 66.7 Å². The van der Waals surface area contributed by atoms with Crippen LogP contribution in [-0.2, 0) is 28.5 Å². The lowest BCUT2D eigenvalue weighted by molar-refractivity contribution is -0.150. The number of nitrogens with zero attached hydrogens (tertiary/aromatic N) is 2. The van der Waals surface area contributed by atoms with E-state index in [0.29, 0.717) is 39.5 Å². The van der Waals surface area contributed by atoms with Crippen LogP contribution in [0.1, 0.15) is 13.8 Å². The van der Waals surface area contributed by atoms with E-state index in [4.69, 9.17) is 18.9 Å². The molecular weight excluding hydrogens is 340 g/mol. The van der Waals surface area contributed by atoms with Crippen LogP contribution in [0.2, 0.25) is 0 Å². The topological polar surface area (TPSA) is 84.1 Å². The SMILES string of the molecule is CC(CN(C)CCN(C)CC(C)C(=O)OCC1CO1)C(=O)OCC1CO1. The number of esters is 2. The molecule has 0 N–H and O–H groups in total. The summed E-state index contributed by atoms with van der Waals surface area (Å²) in [5.74, 6) is -0.723. The number of hydrogen-bond acceptors (Lipinski definition) is 8. The summed E-state index contributed by atoms with van der Waals surface area (Å²) in [5, 5.41) is 0. The van der Waals surface area contributed by atoms with Crippen molar-refractivity contribution >= 4 is 11.9 Å². The number of rotatable bonds is 13. The summed E-state index contributed by atoms with van der Waals surface area (Å²) in [6.45, 7) is 8.72. The molecule has 2 aliphatic rings. The summed E-state index contributed by atoms with van der Waals surface area (Å²) < 4.78 is 20.5. The zero-order chi connectivity index (χ0) is 19.1. The highest BCUT2D eigenvalue weighted by atomic mass is 16.6. The number of hydrogen-bond donors (Lipinski definition) is 0. The van der Waals surface area contributed by atoms with Gasteiger partial charge in [-0.2, -0.15) is 0 Å². The summed E-state index contributed by atoms with van der Waals surface area (Å²) in [5.41, 5.74) is 0. The molecule has 0 aliphatic carbocycles. The average Bonchev–Trinajstić information content (AvgIpc) is 3.49. The number of epoxide rings is 2. The van der Waals surface area contributed by atoms with Crippen molar-refractivity contribution in [2.24, 2.45) is 11.8 Å². The van der Waals surface area contributed by atoms with Gasteiger partial charge in [0.05, 0.1) is 25.0 Å². The first-order chi connectivity index (χ1) is 12.3. The standard InChI is InChI=1S/C18H32N2O6/c1-13(17(21)25-11-15-9-23-15)7-19(3)5-6-20(4)8-14(2)18(22)26-12-16-10-24-16/h13-16H,5-12H2,1-4H3. The van der Waals surface area contributed by atoms with E-state index in [1.165, 1.54) is 0 Å². The van der Waals surface area contributed by atoms with Crippen LogP contribution >= 0.6 is 0 Å². The molecule has 0 saturated carbocycles. The molecule has 8 nitrogen and oxygen atoms in total. The van der Waals surface area contributed by atoms with E-state index in [9.17, 15) is 9.59 Å². The van der Waals surface area contributed by atoms with Crippen molar-refractivity contribution in [3.8, 4) is 0 Å². The van der Waals surface area contributed by atoms with E-state index in [2.05, 4.69) is 9.80 Å². The lowest BCUT2D eigenvalue weighted by Gasteiger charge is -2.25. The molecule has 26 heavy (non-hydrogen) atoms. The van der Waals surface area contributed by atoms with Crippen LogP contribution in [0.3, 0.4) is 0 Å². The third-order valence-corrected chi connectivity index (χ3v) is 4.47. The molecule has 2 heterocycles. The largest absolute Gasteiger partial charge is 0.463 e. The van der Waals surface area contributed by atoms with E-state index >= 15 is 0 Å². The van der Waals surface area contributed by atoms with Gasteiger partial charge in [-0.3, -0.25) is 9.59 Å². The van der Waals surface area contributed by atoms with E-state index < -0.39 is 0 Å². The first-order valence-electron chi connectivity index (χ1n) is 9.28. The Balaban J connectivity index is 1.55. The predicted molar refractivity (Wildman–Crippen MR) is 94.7 cm³/mol. The fourth-order valence-corrected chi connectivity index (χ4v) is 2.57. The third-order valence-electron chi connectivity index (χ3n) is 4.47. The van der Waals surface area contributed by atoms with Crippen LogP contribution in [0.4, 0.5) is 0 Å². The molecule has 4 unspecified atom stereocenters. The van der Waals surface area contributed by atoms with Gasteiger partial charge in [0.25, 0.3) is 0 Å². The molecule has 150 valence electrons. The maximum Gasteiger partial charge on any atom is 0.310 e. The average molecular weight is 372 g/mol. The lowest BCUT2D eigenvalue weighted by atomic mass is 10.1. The van der Waals surface area contributed by atoms with Gasteiger partial charge in [-0.05, 0) is 14.1 Å². The van der Waals surface area contributed by atoms with Gasteiger partial charge in [-0.25, -0.2) is 0 Å². The molecule has 0 amide bonds. The van der Waals surface area contributed by atoms with Gasteiger partial charge in [-0.1, -0.05) is 13.8 Å². The van der Waals surface area contributed by atoms with E-state index in [-0.39, 0.29) is 36.0 Å². The van der Waals surface area contributed by atoms with Gasteiger partial charge >= 0.3 is 11.9 Å². The second-order valence-corrected chi connectivity index (χ2v) is 7.50. The molecule has 0 spiro atoms. The minimum atomic E-state index is -0.184. The van der Waals surface area contributed by atoms with Gasteiger partial charge in [-0.15, -0.1) is 0 Å². The van der Waals surface area contributed by atoms with Gasteiger partial charge in [0, 0.05) is 26.2 Å². The number of likely N-dealkylation sites (N-methyl/N-ethyl adjacent to an activating group) is 2. The third kappa shape index (κ3) is 8.44. The smallest absolute Gasteiger partial charge is 0.310 e. The van der Waals surface area contributed by atoms with Gasteiger partial charge in [0.15, 0.2) is 0 Å². The summed E-state index contributed by atoms with van der Waals surface area (Å²) in [7, 11) is 3.96. The Kier molecular flexibility index (Phi) is 8.27. The maximum atomic E-state index is 11.9. The van der Waals surface area contributed by atoms with Crippen molar-refractivity contribution in [3.63, 3.8) is 0 Å². The van der Waals surface area contributed by atoms with E-state index in [0.717, 1.165) is 13.1 Å². The Bertz CT molecular complexity index is 425. The van der Waals surface area contributed by atoms with Crippen molar-refractivity contribution in [1.29, 1.82) is 0 Å². The summed E-state index contributed by atoms with van der Waals surface area (Å²) in [6, 6.07) is 0. The van der Waals surface area contributed by atoms with Crippen molar-refractivity contribution < 1.29 is 28.5 Å². The molecule has 2 fully saturated rings. The molecule has 0 aromatic carbocycles. The Morgan fingerprint density at radius 2 is 1.23 bits per heavy atom. The number of carbonyl (C=O) groups excluding carboxylic acids is 2. The second kappa shape index (κ2) is 10.2. The number of carbonyl (C=O) groups is 2. The van der Waals surface area contributed by atoms with Gasteiger partial charge in [0.2, 0.25) is 0 Å². The Morgan fingerprint density at radius 3 is 1.54 bits per heavy atom. The fraction of sp³-hybridized carbons (Fsp3) is 0.889. The zero-order valence-corrected chi connectivity index (χ0v) is 16.3. The minimum Gasteiger partial charge on any atom is -0.463 e. The normalized spacial score (nSPS) is 23.6. The minimum absolute atomic E-state index is 0.100. The molecule has 8 heteroatoms. The fourth-order valence-electron chi connectivity index (χ4n) is 2.57. The zero-order valence-electron chi connectivity index (χ0n) is 16.3. The van der Waals surface area contributed by atoms with Crippen LogP contribution in [0.5, 0.6) is 0 Å². The molecule has 2 rings (SSSR count). The quantitative estimate of drug-likeness (QED) is 0.330. The van der Waals surface area contributed by atoms with Crippen LogP contribution < -0.4 is 0 Å². The van der Waals surface area contributed by atoms with Gasteiger partial charge < -0.3 is 28.7 Å². The van der Waals surface area contributed by atoms with Crippen LogP contribution in [0, 0.1) is 11.8 Å². The summed E-state index contributed by atoms with van der Waals surface area (Å²) >= 11 is 0. The molecule has 4 atom stereocenters. The highest BCUT2D eigenvalue weighted by Crippen LogP contribution is 2.11. The predicted octanol–water partition coefficient (Wildman–Crippen LogP) is 0.00620. The Morgan fingerprint density at radius 1 is 0.885 bits per heavy atom. The number of ether oxygens (including phenoxy) is 4. The van der Waals surface area contributed by atoms with E-state index in [1.807, 2.05) is 27.9 Å². The molecule has 0 bridgehead atoms. The molecule has 0 radical (unpaired) electrons. The molecule has 0 aromatic rings. The lowest BCUT2D eigenvalue weighted by Crippen LogP contribution is -2.38. The van der Waals surface area contributed by atoms with Crippen LogP contribution in [0.15, 0.2) is 0 Å². The van der Waals surface area contributed by atoms with Crippen molar-refractivity contribution in [3.05, 3.63) is 0 Å². The van der Waals surface area contributed by atoms with Crippen molar-refractivity contribution in [2.45, 2.75) is 26.1 Å². The molecule has 0 aromatic heterocycles. The first kappa shape index (κ1) is 21.1. The highest BCUT2D eigenvalue weighted by molar-refractivity contribution is 5.72. The van der Waals surface area contributed by atoms with E-state index in [1.54, 1.807) is 0 Å². The molecule has 2 aliphatic heterocycles. The van der Waals surface area contributed by atoms with Crippen LogP contribution in [0.25, 0.3) is 0 Å². The summed E-state index contributed by atoms with van der Waals surface area (Å²) in [4.78, 5) is 28.0. The van der Waals surface area contributed by atoms with Crippen LogP contribution in [-0.4, -0.2) is 101 Å². The first-order valence-corrected chi connectivity index (χ1v) is 9.28. The monoisotopic (exact) mass is 372 g/mol. The summed E-state index contributed by atoms with van der Waals surface area (Å²) in [6.07, 6.45) is 0.200. The van der Waals surface area contributed by atoms with Gasteiger partial charge in [0.1, 0.15) is 25.4 Å². The highest BCUT2D eigenvalue weighted by Gasteiger charge is 2.27. The maximum absolute atomic E-state index is 11.9.